The van der Waals surface area contributed by atoms with Crippen LogP contribution in [0.2, 0.25) is 0 Å². The first-order valence-electron chi connectivity index (χ1n) is 7.40. The van der Waals surface area contributed by atoms with Crippen LogP contribution < -0.4 is 10.1 Å². The molecule has 0 saturated carbocycles. The summed E-state index contributed by atoms with van der Waals surface area (Å²) >= 11 is 0. The summed E-state index contributed by atoms with van der Waals surface area (Å²) in [5, 5.41) is 3.43. The van der Waals surface area contributed by atoms with Crippen LogP contribution in [0.5, 0.6) is 5.88 Å². The lowest BCUT2D eigenvalue weighted by Crippen LogP contribution is -2.20. The first-order valence-corrected chi connectivity index (χ1v) is 7.40. The van der Waals surface area contributed by atoms with Gasteiger partial charge in [0.05, 0.1) is 6.61 Å². The van der Waals surface area contributed by atoms with E-state index in [-0.39, 0.29) is 0 Å². The molecular weight excluding hydrogens is 236 g/mol. The van der Waals surface area contributed by atoms with Crippen molar-refractivity contribution in [2.45, 2.75) is 47.1 Å². The Bertz CT molecular complexity index is 352. The van der Waals surface area contributed by atoms with Gasteiger partial charge in [0.25, 0.3) is 0 Å². The van der Waals surface area contributed by atoms with E-state index in [1.807, 2.05) is 6.07 Å². The lowest BCUT2D eigenvalue weighted by molar-refractivity contribution is 0.240. The van der Waals surface area contributed by atoms with Crippen molar-refractivity contribution in [3.63, 3.8) is 0 Å². The van der Waals surface area contributed by atoms with Gasteiger partial charge >= 0.3 is 0 Å². The second-order valence-electron chi connectivity index (χ2n) is 5.70. The van der Waals surface area contributed by atoms with Gasteiger partial charge in [-0.15, -0.1) is 0 Å². The normalized spacial score (nSPS) is 12.7. The van der Waals surface area contributed by atoms with Gasteiger partial charge in [0.2, 0.25) is 5.88 Å². The molecular formula is C16H28N2O. The molecule has 0 saturated heterocycles. The topological polar surface area (TPSA) is 34.1 Å². The van der Waals surface area contributed by atoms with E-state index in [4.69, 9.17) is 4.74 Å². The molecule has 0 aromatic carbocycles. The van der Waals surface area contributed by atoms with E-state index in [1.165, 1.54) is 12.8 Å². The van der Waals surface area contributed by atoms with Gasteiger partial charge in [0.1, 0.15) is 0 Å². The van der Waals surface area contributed by atoms with Crippen molar-refractivity contribution in [1.82, 2.24) is 10.3 Å². The lowest BCUT2D eigenvalue weighted by atomic mass is 10.1. The minimum atomic E-state index is 0.587. The van der Waals surface area contributed by atoms with E-state index < -0.39 is 0 Å². The highest BCUT2D eigenvalue weighted by Gasteiger charge is 2.07. The van der Waals surface area contributed by atoms with Crippen LogP contribution in [0.15, 0.2) is 18.3 Å². The highest BCUT2D eigenvalue weighted by Crippen LogP contribution is 2.16. The summed E-state index contributed by atoms with van der Waals surface area (Å²) in [5.74, 6) is 2.02. The molecule has 1 N–H and O–H groups in total. The molecule has 0 amide bonds. The van der Waals surface area contributed by atoms with Crippen LogP contribution in [0.25, 0.3) is 0 Å². The smallest absolute Gasteiger partial charge is 0.217 e. The Kier molecular flexibility index (Phi) is 7.49. The highest BCUT2D eigenvalue weighted by atomic mass is 16.5. The van der Waals surface area contributed by atoms with Crippen LogP contribution in [-0.2, 0) is 6.54 Å². The zero-order chi connectivity index (χ0) is 14.1. The van der Waals surface area contributed by atoms with E-state index in [1.54, 1.807) is 6.20 Å². The van der Waals surface area contributed by atoms with Gasteiger partial charge < -0.3 is 10.1 Å². The molecule has 0 radical (unpaired) electrons. The van der Waals surface area contributed by atoms with Crippen LogP contribution in [0.3, 0.4) is 0 Å². The lowest BCUT2D eigenvalue weighted by Gasteiger charge is -2.14. The molecule has 1 atom stereocenters. The molecule has 3 nitrogen and oxygen atoms in total. The van der Waals surface area contributed by atoms with E-state index in [0.717, 1.165) is 31.1 Å². The minimum absolute atomic E-state index is 0.587. The first-order chi connectivity index (χ1) is 9.13. The largest absolute Gasteiger partial charge is 0.477 e. The molecule has 1 aromatic rings. The summed E-state index contributed by atoms with van der Waals surface area (Å²) in [6, 6.07) is 4.05. The van der Waals surface area contributed by atoms with Crippen LogP contribution >= 0.6 is 0 Å². The number of nitrogens with one attached hydrogen (secondary N) is 1. The molecule has 0 aliphatic heterocycles. The van der Waals surface area contributed by atoms with E-state index in [9.17, 15) is 0 Å². The van der Waals surface area contributed by atoms with Crippen LogP contribution in [0.4, 0.5) is 0 Å². The molecule has 1 unspecified atom stereocenters. The van der Waals surface area contributed by atoms with Gasteiger partial charge in [0.15, 0.2) is 0 Å². The number of hydrogen-bond acceptors (Lipinski definition) is 3. The summed E-state index contributed by atoms with van der Waals surface area (Å²) in [7, 11) is 0. The molecule has 1 aromatic heterocycles. The molecule has 0 fully saturated rings. The van der Waals surface area contributed by atoms with Crippen molar-refractivity contribution in [2.24, 2.45) is 11.8 Å². The maximum absolute atomic E-state index is 5.86. The highest BCUT2D eigenvalue weighted by molar-refractivity contribution is 5.25. The number of rotatable bonds is 9. The second-order valence-corrected chi connectivity index (χ2v) is 5.70. The number of nitrogens with zero attached hydrogens (tertiary/aromatic N) is 1. The fourth-order valence-corrected chi connectivity index (χ4v) is 1.98. The van der Waals surface area contributed by atoms with Crippen molar-refractivity contribution < 1.29 is 4.74 Å². The minimum Gasteiger partial charge on any atom is -0.477 e. The van der Waals surface area contributed by atoms with Crippen LogP contribution in [0.1, 0.15) is 46.1 Å². The SMILES string of the molecule is CCCC(C)COc1ncccc1CNCC(C)C. The fraction of sp³-hybridized carbons (Fsp3) is 0.688. The van der Waals surface area contributed by atoms with E-state index >= 15 is 0 Å². The molecule has 1 rings (SSSR count). The predicted octanol–water partition coefficient (Wildman–Crippen LogP) is 3.64. The second kappa shape index (κ2) is 8.92. The Morgan fingerprint density at radius 2 is 2.11 bits per heavy atom. The van der Waals surface area contributed by atoms with Crippen LogP contribution in [0, 0.1) is 11.8 Å². The monoisotopic (exact) mass is 264 g/mol. The van der Waals surface area contributed by atoms with Crippen molar-refractivity contribution in [1.29, 1.82) is 0 Å². The molecule has 0 spiro atoms. The summed E-state index contributed by atoms with van der Waals surface area (Å²) in [6.07, 6.45) is 4.20. The van der Waals surface area contributed by atoms with E-state index in [0.29, 0.717) is 11.8 Å². The zero-order valence-corrected chi connectivity index (χ0v) is 12.8. The standard InChI is InChI=1S/C16H28N2O/c1-5-7-14(4)12-19-16-15(8-6-9-18-16)11-17-10-13(2)3/h6,8-9,13-14,17H,5,7,10-12H2,1-4H3. The van der Waals surface area contributed by atoms with Crippen molar-refractivity contribution >= 4 is 0 Å². The first kappa shape index (κ1) is 16.0. The fourth-order valence-electron chi connectivity index (χ4n) is 1.98. The zero-order valence-electron chi connectivity index (χ0n) is 12.8. The van der Waals surface area contributed by atoms with Gasteiger partial charge in [-0.25, -0.2) is 4.98 Å². The van der Waals surface area contributed by atoms with Gasteiger partial charge in [-0.2, -0.15) is 0 Å². The summed E-state index contributed by atoms with van der Waals surface area (Å²) < 4.78 is 5.86. The summed E-state index contributed by atoms with van der Waals surface area (Å²) in [5.41, 5.74) is 1.15. The van der Waals surface area contributed by atoms with Crippen LogP contribution in [-0.4, -0.2) is 18.1 Å². The summed E-state index contributed by atoms with van der Waals surface area (Å²) in [4.78, 5) is 4.35. The third-order valence-electron chi connectivity index (χ3n) is 3.00. The Morgan fingerprint density at radius 1 is 1.32 bits per heavy atom. The molecule has 0 bridgehead atoms. The molecule has 1 heterocycles. The molecule has 19 heavy (non-hydrogen) atoms. The maximum Gasteiger partial charge on any atom is 0.217 e. The van der Waals surface area contributed by atoms with Gasteiger partial charge in [0, 0.05) is 18.3 Å². The van der Waals surface area contributed by atoms with Crippen molar-refractivity contribution in [3.05, 3.63) is 23.9 Å². The number of pyridine rings is 1. The van der Waals surface area contributed by atoms with Gasteiger partial charge in [-0.05, 0) is 30.9 Å². The van der Waals surface area contributed by atoms with Gasteiger partial charge in [-0.1, -0.05) is 40.2 Å². The number of hydrogen-bond donors (Lipinski definition) is 1. The number of ether oxygens (including phenoxy) is 1. The van der Waals surface area contributed by atoms with Crippen molar-refractivity contribution in [2.75, 3.05) is 13.2 Å². The third-order valence-corrected chi connectivity index (χ3v) is 3.00. The third kappa shape index (κ3) is 6.58. The van der Waals surface area contributed by atoms with Gasteiger partial charge in [-0.3, -0.25) is 0 Å². The molecule has 0 aliphatic carbocycles. The quantitative estimate of drug-likeness (QED) is 0.739. The van der Waals surface area contributed by atoms with E-state index in [2.05, 4.69) is 44.1 Å². The molecule has 108 valence electrons. The Morgan fingerprint density at radius 3 is 2.79 bits per heavy atom. The predicted molar refractivity (Wildman–Crippen MR) is 80.3 cm³/mol. The molecule has 3 heteroatoms. The maximum atomic E-state index is 5.86. The average Bonchev–Trinajstić information content (AvgIpc) is 2.37. The van der Waals surface area contributed by atoms with Crippen molar-refractivity contribution in [3.8, 4) is 5.88 Å². The molecule has 0 aliphatic rings. The average molecular weight is 264 g/mol. The Labute approximate surface area is 117 Å². The Balaban J connectivity index is 2.48. The summed E-state index contributed by atoms with van der Waals surface area (Å²) in [6.45, 7) is 11.4. The Hall–Kier alpha value is -1.09. The number of aromatic nitrogens is 1.